The minimum atomic E-state index is -0.514. The highest BCUT2D eigenvalue weighted by atomic mass is 16.6. The van der Waals surface area contributed by atoms with Gasteiger partial charge in [0.1, 0.15) is 11.4 Å². The summed E-state index contributed by atoms with van der Waals surface area (Å²) in [7, 11) is 0. The zero-order chi connectivity index (χ0) is 16.9. The average molecular weight is 320 g/mol. The third-order valence-corrected chi connectivity index (χ3v) is 3.33. The SMILES string of the molecule is CC(C)(C)OC(=O)N1CCCN(C(=O)Nc2ccccn2)CC1. The molecule has 0 aliphatic carbocycles. The van der Waals surface area contributed by atoms with E-state index in [9.17, 15) is 9.59 Å². The molecule has 0 aromatic carbocycles. The van der Waals surface area contributed by atoms with Gasteiger partial charge in [0.05, 0.1) is 0 Å². The summed E-state index contributed by atoms with van der Waals surface area (Å²) in [4.78, 5) is 31.8. The lowest BCUT2D eigenvalue weighted by Gasteiger charge is -2.26. The van der Waals surface area contributed by atoms with E-state index in [4.69, 9.17) is 4.74 Å². The molecule has 0 radical (unpaired) electrons. The molecular formula is C16H24N4O3. The van der Waals surface area contributed by atoms with Crippen LogP contribution < -0.4 is 5.32 Å². The minimum absolute atomic E-state index is 0.199. The van der Waals surface area contributed by atoms with Gasteiger partial charge in [-0.1, -0.05) is 6.07 Å². The van der Waals surface area contributed by atoms with Gasteiger partial charge < -0.3 is 14.5 Å². The maximum atomic E-state index is 12.3. The lowest BCUT2D eigenvalue weighted by atomic mass is 10.2. The fraction of sp³-hybridized carbons (Fsp3) is 0.562. The lowest BCUT2D eigenvalue weighted by Crippen LogP contribution is -2.41. The van der Waals surface area contributed by atoms with Crippen LogP contribution in [0.25, 0.3) is 0 Å². The van der Waals surface area contributed by atoms with Gasteiger partial charge in [-0.3, -0.25) is 5.32 Å². The molecule has 7 heteroatoms. The number of rotatable bonds is 1. The largest absolute Gasteiger partial charge is 0.444 e. The summed E-state index contributed by atoms with van der Waals surface area (Å²) in [5.74, 6) is 0.519. The topological polar surface area (TPSA) is 74.8 Å². The molecule has 1 N–H and O–H groups in total. The molecule has 3 amide bonds. The average Bonchev–Trinajstić information content (AvgIpc) is 2.72. The molecule has 1 aliphatic rings. The van der Waals surface area contributed by atoms with Gasteiger partial charge in [-0.25, -0.2) is 14.6 Å². The summed E-state index contributed by atoms with van der Waals surface area (Å²) in [6.45, 7) is 7.64. The number of pyridine rings is 1. The number of hydrogen-bond donors (Lipinski definition) is 1. The van der Waals surface area contributed by atoms with Gasteiger partial charge in [-0.2, -0.15) is 0 Å². The number of carbonyl (C=O) groups is 2. The van der Waals surface area contributed by atoms with Crippen molar-refractivity contribution in [3.63, 3.8) is 0 Å². The number of nitrogens with zero attached hydrogens (tertiary/aromatic N) is 3. The summed E-state index contributed by atoms with van der Waals surface area (Å²) in [6, 6.07) is 5.15. The third kappa shape index (κ3) is 5.43. The lowest BCUT2D eigenvalue weighted by molar-refractivity contribution is 0.0259. The van der Waals surface area contributed by atoms with E-state index < -0.39 is 5.60 Å². The molecule has 126 valence electrons. The third-order valence-electron chi connectivity index (χ3n) is 3.33. The second kappa shape index (κ2) is 7.30. The van der Waals surface area contributed by atoms with Gasteiger partial charge in [-0.05, 0) is 39.3 Å². The standard InChI is InChI=1S/C16H24N4O3/c1-16(2,3)23-15(22)20-10-6-9-19(11-12-20)14(21)18-13-7-4-5-8-17-13/h4-5,7-8H,6,9-12H2,1-3H3,(H,17,18,21). The Hall–Kier alpha value is -2.31. The molecule has 0 atom stereocenters. The van der Waals surface area contributed by atoms with Crippen LogP contribution >= 0.6 is 0 Å². The first kappa shape index (κ1) is 17.1. The van der Waals surface area contributed by atoms with Crippen LogP contribution in [-0.4, -0.2) is 58.7 Å². The maximum absolute atomic E-state index is 12.3. The summed E-state index contributed by atoms with van der Waals surface area (Å²) in [5, 5.41) is 2.76. The molecule has 1 aromatic rings. The van der Waals surface area contributed by atoms with Crippen molar-refractivity contribution in [1.29, 1.82) is 0 Å². The van der Waals surface area contributed by atoms with Crippen molar-refractivity contribution in [3.05, 3.63) is 24.4 Å². The first-order chi connectivity index (χ1) is 10.8. The molecule has 1 aliphatic heterocycles. The van der Waals surface area contributed by atoms with E-state index in [0.717, 1.165) is 6.42 Å². The second-order valence-electron chi connectivity index (χ2n) is 6.45. The van der Waals surface area contributed by atoms with E-state index in [1.165, 1.54) is 0 Å². The highest BCUT2D eigenvalue weighted by molar-refractivity contribution is 5.88. The zero-order valence-corrected chi connectivity index (χ0v) is 13.9. The van der Waals surface area contributed by atoms with Crippen LogP contribution in [0.3, 0.4) is 0 Å². The Bertz CT molecular complexity index is 542. The number of anilines is 1. The number of aromatic nitrogens is 1. The van der Waals surface area contributed by atoms with Crippen LogP contribution in [-0.2, 0) is 4.74 Å². The first-order valence-electron chi connectivity index (χ1n) is 7.80. The maximum Gasteiger partial charge on any atom is 0.410 e. The van der Waals surface area contributed by atoms with Gasteiger partial charge in [0.25, 0.3) is 0 Å². The molecule has 0 saturated carbocycles. The van der Waals surface area contributed by atoms with Crippen LogP contribution in [0, 0.1) is 0 Å². The highest BCUT2D eigenvalue weighted by Crippen LogP contribution is 2.12. The molecule has 0 unspecified atom stereocenters. The quantitative estimate of drug-likeness (QED) is 0.863. The first-order valence-corrected chi connectivity index (χ1v) is 7.80. The fourth-order valence-electron chi connectivity index (χ4n) is 2.25. The Labute approximate surface area is 136 Å². The Balaban J connectivity index is 1.88. The molecule has 1 fully saturated rings. The van der Waals surface area contributed by atoms with E-state index in [1.807, 2.05) is 26.8 Å². The Kier molecular flexibility index (Phi) is 5.41. The molecule has 23 heavy (non-hydrogen) atoms. The molecule has 7 nitrogen and oxygen atoms in total. The van der Waals surface area contributed by atoms with Crippen LogP contribution in [0.15, 0.2) is 24.4 Å². The van der Waals surface area contributed by atoms with Crippen molar-refractivity contribution >= 4 is 17.9 Å². The van der Waals surface area contributed by atoms with Gasteiger partial charge in [0, 0.05) is 32.4 Å². The highest BCUT2D eigenvalue weighted by Gasteiger charge is 2.25. The Morgan fingerprint density at radius 3 is 2.48 bits per heavy atom. The molecule has 0 spiro atoms. The smallest absolute Gasteiger partial charge is 0.410 e. The number of urea groups is 1. The molecular weight excluding hydrogens is 296 g/mol. The van der Waals surface area contributed by atoms with E-state index in [0.29, 0.717) is 32.0 Å². The van der Waals surface area contributed by atoms with Crippen molar-refractivity contribution in [3.8, 4) is 0 Å². The summed E-state index contributed by atoms with van der Waals surface area (Å²) in [5.41, 5.74) is -0.514. The van der Waals surface area contributed by atoms with Gasteiger partial charge in [-0.15, -0.1) is 0 Å². The molecule has 2 rings (SSSR count). The Morgan fingerprint density at radius 1 is 1.13 bits per heavy atom. The molecule has 1 aromatic heterocycles. The number of amides is 3. The number of hydrogen-bond acceptors (Lipinski definition) is 4. The van der Waals surface area contributed by atoms with Crippen LogP contribution in [0.4, 0.5) is 15.4 Å². The summed E-state index contributed by atoms with van der Waals surface area (Å²) >= 11 is 0. The molecule has 1 saturated heterocycles. The van der Waals surface area contributed by atoms with Crippen LogP contribution in [0.1, 0.15) is 27.2 Å². The van der Waals surface area contributed by atoms with Crippen LogP contribution in [0.2, 0.25) is 0 Å². The zero-order valence-electron chi connectivity index (χ0n) is 13.9. The van der Waals surface area contributed by atoms with Crippen LogP contribution in [0.5, 0.6) is 0 Å². The van der Waals surface area contributed by atoms with E-state index in [2.05, 4.69) is 10.3 Å². The number of carbonyl (C=O) groups excluding carboxylic acids is 2. The monoisotopic (exact) mass is 320 g/mol. The molecule has 0 bridgehead atoms. The van der Waals surface area contributed by atoms with Gasteiger partial charge in [0.2, 0.25) is 0 Å². The summed E-state index contributed by atoms with van der Waals surface area (Å²) in [6.07, 6.45) is 2.02. The minimum Gasteiger partial charge on any atom is -0.444 e. The fourth-order valence-corrected chi connectivity index (χ4v) is 2.25. The van der Waals surface area contributed by atoms with Crippen molar-refractivity contribution in [2.45, 2.75) is 32.8 Å². The van der Waals surface area contributed by atoms with Crippen molar-refractivity contribution in [1.82, 2.24) is 14.8 Å². The predicted molar refractivity (Wildman–Crippen MR) is 87.3 cm³/mol. The number of ether oxygens (including phenoxy) is 1. The van der Waals surface area contributed by atoms with Gasteiger partial charge >= 0.3 is 12.1 Å². The molecule has 2 heterocycles. The van der Waals surface area contributed by atoms with E-state index >= 15 is 0 Å². The normalized spacial score (nSPS) is 15.8. The van der Waals surface area contributed by atoms with Crippen molar-refractivity contribution in [2.24, 2.45) is 0 Å². The number of nitrogens with one attached hydrogen (secondary N) is 1. The van der Waals surface area contributed by atoms with E-state index in [-0.39, 0.29) is 12.1 Å². The Morgan fingerprint density at radius 2 is 1.83 bits per heavy atom. The van der Waals surface area contributed by atoms with Gasteiger partial charge in [0.15, 0.2) is 0 Å². The predicted octanol–water partition coefficient (Wildman–Crippen LogP) is 2.56. The van der Waals surface area contributed by atoms with Crippen molar-refractivity contribution in [2.75, 3.05) is 31.5 Å². The van der Waals surface area contributed by atoms with E-state index in [1.54, 1.807) is 28.1 Å². The second-order valence-corrected chi connectivity index (χ2v) is 6.45. The van der Waals surface area contributed by atoms with Crippen molar-refractivity contribution < 1.29 is 14.3 Å². The summed E-state index contributed by atoms with van der Waals surface area (Å²) < 4.78 is 5.38.